The highest BCUT2D eigenvalue weighted by Crippen LogP contribution is 2.26. The highest BCUT2D eigenvalue weighted by Gasteiger charge is 2.22. The molecule has 1 saturated heterocycles. The Morgan fingerprint density at radius 1 is 1.17 bits per heavy atom. The first-order valence-electron chi connectivity index (χ1n) is 9.79. The summed E-state index contributed by atoms with van der Waals surface area (Å²) in [4.78, 5) is 40.2. The minimum Gasteiger partial charge on any atom is -0.449 e. The number of rotatable bonds is 8. The predicted octanol–water partition coefficient (Wildman–Crippen LogP) is 2.00. The molecule has 3 N–H and O–H groups in total. The molecule has 1 heterocycles. The molecule has 9 heteroatoms. The molecule has 0 unspecified atom stereocenters. The van der Waals surface area contributed by atoms with Gasteiger partial charge in [0.05, 0.1) is 24.6 Å². The van der Waals surface area contributed by atoms with Crippen molar-refractivity contribution in [2.24, 2.45) is 11.7 Å². The zero-order valence-corrected chi connectivity index (χ0v) is 17.9. The first-order valence-corrected chi connectivity index (χ1v) is 10.8. The third kappa shape index (κ3) is 8.33. The monoisotopic (exact) mass is 422 g/mol. The number of ether oxygens (including phenoxy) is 1. The number of nitrogens with two attached hydrogens (primary N) is 1. The standard InChI is InChI=1S/C20H30N4O4S/c1-15(2)13-28-20(27)24-9-5-8-23(10-11-24)12-19(26)22-16-6-3-4-7-17(16)29-14-18(21)25/h3-4,6-7,15H,5,8-14H2,1-2H3,(H2,21,25)(H,22,26). The Morgan fingerprint density at radius 3 is 2.66 bits per heavy atom. The Labute approximate surface area is 176 Å². The molecular formula is C20H30N4O4S. The Hall–Kier alpha value is -2.26. The van der Waals surface area contributed by atoms with Crippen LogP contribution in [0.4, 0.5) is 10.5 Å². The molecule has 0 aliphatic carbocycles. The number of benzene rings is 1. The van der Waals surface area contributed by atoms with Crippen molar-refractivity contribution in [1.82, 2.24) is 9.80 Å². The number of thioether (sulfide) groups is 1. The van der Waals surface area contributed by atoms with Crippen LogP contribution >= 0.6 is 11.8 Å². The first kappa shape index (κ1) is 23.0. The molecule has 1 aliphatic heterocycles. The van der Waals surface area contributed by atoms with Crippen molar-refractivity contribution in [2.45, 2.75) is 25.2 Å². The lowest BCUT2D eigenvalue weighted by Gasteiger charge is -2.22. The predicted molar refractivity (Wildman–Crippen MR) is 114 cm³/mol. The van der Waals surface area contributed by atoms with Crippen LogP contribution in [0.25, 0.3) is 0 Å². The van der Waals surface area contributed by atoms with E-state index in [4.69, 9.17) is 10.5 Å². The van der Waals surface area contributed by atoms with Crippen LogP contribution < -0.4 is 11.1 Å². The average molecular weight is 423 g/mol. The van der Waals surface area contributed by atoms with E-state index in [1.54, 1.807) is 11.0 Å². The molecule has 8 nitrogen and oxygen atoms in total. The van der Waals surface area contributed by atoms with E-state index < -0.39 is 5.91 Å². The number of nitrogens with zero attached hydrogens (tertiary/aromatic N) is 2. The molecule has 0 saturated carbocycles. The Morgan fingerprint density at radius 2 is 1.93 bits per heavy atom. The number of carbonyl (C=O) groups excluding carboxylic acids is 3. The van der Waals surface area contributed by atoms with Crippen LogP contribution in [0.5, 0.6) is 0 Å². The molecule has 3 amide bonds. The molecule has 0 radical (unpaired) electrons. The molecule has 0 spiro atoms. The van der Waals surface area contributed by atoms with Crippen molar-refractivity contribution in [3.8, 4) is 0 Å². The van der Waals surface area contributed by atoms with Crippen molar-refractivity contribution >= 4 is 35.4 Å². The van der Waals surface area contributed by atoms with Crippen LogP contribution in [0.1, 0.15) is 20.3 Å². The maximum Gasteiger partial charge on any atom is 0.409 e. The van der Waals surface area contributed by atoms with E-state index in [-0.39, 0.29) is 24.3 Å². The first-order chi connectivity index (χ1) is 13.8. The number of carbonyl (C=O) groups is 3. The fourth-order valence-corrected chi connectivity index (χ4v) is 3.63. The number of para-hydroxylation sites is 1. The molecule has 2 rings (SSSR count). The van der Waals surface area contributed by atoms with Gasteiger partial charge in [0.2, 0.25) is 11.8 Å². The van der Waals surface area contributed by atoms with E-state index in [0.717, 1.165) is 17.9 Å². The smallest absolute Gasteiger partial charge is 0.409 e. The quantitative estimate of drug-likeness (QED) is 0.621. The number of nitrogens with one attached hydrogen (secondary N) is 1. The van der Waals surface area contributed by atoms with Gasteiger partial charge < -0.3 is 20.7 Å². The SMILES string of the molecule is CC(C)COC(=O)N1CCCN(CC(=O)Nc2ccccc2SCC(N)=O)CC1. The van der Waals surface area contributed by atoms with Gasteiger partial charge in [-0.05, 0) is 24.5 Å². The summed E-state index contributed by atoms with van der Waals surface area (Å²) >= 11 is 1.30. The number of hydrogen-bond acceptors (Lipinski definition) is 6. The van der Waals surface area contributed by atoms with Gasteiger partial charge in [-0.1, -0.05) is 26.0 Å². The fourth-order valence-electron chi connectivity index (χ4n) is 2.88. The zero-order valence-electron chi connectivity index (χ0n) is 17.1. The van der Waals surface area contributed by atoms with Gasteiger partial charge in [-0.3, -0.25) is 14.5 Å². The van der Waals surface area contributed by atoms with Gasteiger partial charge in [0.15, 0.2) is 0 Å². The lowest BCUT2D eigenvalue weighted by molar-refractivity contribution is -0.117. The van der Waals surface area contributed by atoms with Crippen LogP contribution in [0.3, 0.4) is 0 Å². The summed E-state index contributed by atoms with van der Waals surface area (Å²) in [5.41, 5.74) is 5.87. The molecule has 1 aromatic carbocycles. The maximum absolute atomic E-state index is 12.5. The zero-order chi connectivity index (χ0) is 21.2. The topological polar surface area (TPSA) is 105 Å². The fraction of sp³-hybridized carbons (Fsp3) is 0.550. The molecule has 1 aliphatic rings. The molecule has 1 aromatic rings. The second-order valence-corrected chi connectivity index (χ2v) is 8.40. The molecule has 0 atom stereocenters. The largest absolute Gasteiger partial charge is 0.449 e. The third-order valence-electron chi connectivity index (χ3n) is 4.29. The normalized spacial score (nSPS) is 15.1. The van der Waals surface area contributed by atoms with Gasteiger partial charge in [-0.15, -0.1) is 11.8 Å². The molecule has 0 bridgehead atoms. The molecule has 160 valence electrons. The van der Waals surface area contributed by atoms with Gasteiger partial charge in [0, 0.05) is 31.1 Å². The summed E-state index contributed by atoms with van der Waals surface area (Å²) in [6.45, 7) is 7.16. The summed E-state index contributed by atoms with van der Waals surface area (Å²) in [6, 6.07) is 7.32. The van der Waals surface area contributed by atoms with E-state index >= 15 is 0 Å². The van der Waals surface area contributed by atoms with Crippen molar-refractivity contribution in [2.75, 3.05) is 50.4 Å². The summed E-state index contributed by atoms with van der Waals surface area (Å²) in [7, 11) is 0. The summed E-state index contributed by atoms with van der Waals surface area (Å²) in [6.07, 6.45) is 0.500. The highest BCUT2D eigenvalue weighted by molar-refractivity contribution is 8.00. The second kappa shape index (κ2) is 11.7. The minimum absolute atomic E-state index is 0.132. The molecule has 0 aromatic heterocycles. The molecule has 29 heavy (non-hydrogen) atoms. The lowest BCUT2D eigenvalue weighted by Crippen LogP contribution is -2.38. The minimum atomic E-state index is -0.405. The number of primary amides is 1. The van der Waals surface area contributed by atoms with Crippen molar-refractivity contribution in [3.05, 3.63) is 24.3 Å². The maximum atomic E-state index is 12.5. The third-order valence-corrected chi connectivity index (χ3v) is 5.38. The van der Waals surface area contributed by atoms with Crippen LogP contribution in [0.15, 0.2) is 29.2 Å². The number of hydrogen-bond donors (Lipinski definition) is 2. The van der Waals surface area contributed by atoms with Crippen molar-refractivity contribution < 1.29 is 19.1 Å². The van der Waals surface area contributed by atoms with Gasteiger partial charge in [0.1, 0.15) is 0 Å². The van der Waals surface area contributed by atoms with Gasteiger partial charge >= 0.3 is 6.09 Å². The number of anilines is 1. The van der Waals surface area contributed by atoms with E-state index in [2.05, 4.69) is 5.32 Å². The highest BCUT2D eigenvalue weighted by atomic mass is 32.2. The van der Waals surface area contributed by atoms with E-state index in [1.165, 1.54) is 11.8 Å². The van der Waals surface area contributed by atoms with Crippen LogP contribution in [0, 0.1) is 5.92 Å². The Bertz CT molecular complexity index is 713. The average Bonchev–Trinajstić information content (AvgIpc) is 2.91. The van der Waals surface area contributed by atoms with E-state index in [0.29, 0.717) is 37.8 Å². The van der Waals surface area contributed by atoms with Crippen LogP contribution in [0.2, 0.25) is 0 Å². The van der Waals surface area contributed by atoms with Crippen LogP contribution in [-0.4, -0.2) is 72.8 Å². The summed E-state index contributed by atoms with van der Waals surface area (Å²) < 4.78 is 5.30. The van der Waals surface area contributed by atoms with Gasteiger partial charge in [0.25, 0.3) is 0 Å². The van der Waals surface area contributed by atoms with Crippen molar-refractivity contribution in [1.29, 1.82) is 0 Å². The lowest BCUT2D eigenvalue weighted by atomic mass is 10.2. The molecular weight excluding hydrogens is 392 g/mol. The number of amides is 3. The second-order valence-electron chi connectivity index (χ2n) is 7.39. The Balaban J connectivity index is 1.84. The van der Waals surface area contributed by atoms with Gasteiger partial charge in [-0.25, -0.2) is 4.79 Å². The molecule has 1 fully saturated rings. The van der Waals surface area contributed by atoms with E-state index in [9.17, 15) is 14.4 Å². The van der Waals surface area contributed by atoms with Gasteiger partial charge in [-0.2, -0.15) is 0 Å². The summed E-state index contributed by atoms with van der Waals surface area (Å²) in [5.74, 6) is -0.0813. The van der Waals surface area contributed by atoms with Crippen molar-refractivity contribution in [3.63, 3.8) is 0 Å². The Kier molecular flexibility index (Phi) is 9.27. The van der Waals surface area contributed by atoms with Crippen LogP contribution in [-0.2, 0) is 14.3 Å². The summed E-state index contributed by atoms with van der Waals surface area (Å²) in [5, 5.41) is 2.91. The van der Waals surface area contributed by atoms with E-state index in [1.807, 2.05) is 36.9 Å².